The van der Waals surface area contributed by atoms with Crippen molar-refractivity contribution in [3.63, 3.8) is 0 Å². The van der Waals surface area contributed by atoms with E-state index in [-0.39, 0.29) is 12.0 Å². The summed E-state index contributed by atoms with van der Waals surface area (Å²) in [6.07, 6.45) is 4.25. The number of piperidine rings is 1. The topological polar surface area (TPSA) is 36.0 Å². The molecule has 1 atom stereocenters. The van der Waals surface area contributed by atoms with Crippen LogP contribution >= 0.6 is 0 Å². The minimum atomic E-state index is -0.0808. The molecule has 0 bridgehead atoms. The summed E-state index contributed by atoms with van der Waals surface area (Å²) in [4.78, 5) is 20.2. The summed E-state index contributed by atoms with van der Waals surface area (Å²) in [7, 11) is 0. The second-order valence-electron chi connectivity index (χ2n) is 9.22. The van der Waals surface area contributed by atoms with Crippen LogP contribution in [0.15, 0.2) is 54.6 Å². The highest BCUT2D eigenvalue weighted by atomic mass is 16.5. The number of anilines is 1. The lowest BCUT2D eigenvalue weighted by atomic mass is 10.0. The third-order valence-electron chi connectivity index (χ3n) is 6.79. The fraction of sp³-hybridized carbons (Fsp3) is 0.519. The van der Waals surface area contributed by atoms with Crippen molar-refractivity contribution in [3.8, 4) is 0 Å². The highest BCUT2D eigenvalue weighted by molar-refractivity contribution is 5.70. The van der Waals surface area contributed by atoms with E-state index in [0.29, 0.717) is 13.0 Å². The smallest absolute Gasteiger partial charge is 0.307 e. The van der Waals surface area contributed by atoms with Crippen LogP contribution < -0.4 is 4.90 Å². The van der Waals surface area contributed by atoms with Crippen molar-refractivity contribution in [2.45, 2.75) is 45.3 Å². The number of esters is 1. The van der Waals surface area contributed by atoms with E-state index >= 15 is 0 Å². The minimum absolute atomic E-state index is 0.0808. The SMILES string of the molecule is Cc1ccc(N2CCN(CC(CC(=O)OCc3ccccc3)N3CCCCC3)CC2)cc1. The van der Waals surface area contributed by atoms with E-state index in [1.54, 1.807) is 0 Å². The predicted octanol–water partition coefficient (Wildman–Crippen LogP) is 4.11. The molecule has 0 saturated carbocycles. The van der Waals surface area contributed by atoms with Gasteiger partial charge in [0, 0.05) is 44.5 Å². The quantitative estimate of drug-likeness (QED) is 0.584. The molecule has 2 aromatic carbocycles. The number of benzene rings is 2. The molecule has 2 aliphatic rings. The molecule has 1 unspecified atom stereocenters. The van der Waals surface area contributed by atoms with E-state index in [2.05, 4.69) is 45.9 Å². The van der Waals surface area contributed by atoms with Gasteiger partial charge in [-0.25, -0.2) is 0 Å². The summed E-state index contributed by atoms with van der Waals surface area (Å²) >= 11 is 0. The van der Waals surface area contributed by atoms with Gasteiger partial charge < -0.3 is 9.64 Å². The minimum Gasteiger partial charge on any atom is -0.461 e. The summed E-state index contributed by atoms with van der Waals surface area (Å²) in [5.74, 6) is -0.0808. The molecule has 2 aromatic rings. The van der Waals surface area contributed by atoms with Gasteiger partial charge in [0.05, 0.1) is 6.42 Å². The molecular formula is C27H37N3O2. The van der Waals surface area contributed by atoms with Crippen molar-refractivity contribution in [2.75, 3.05) is 50.7 Å². The van der Waals surface area contributed by atoms with Gasteiger partial charge in [-0.05, 0) is 50.6 Å². The number of ether oxygens (including phenoxy) is 1. The van der Waals surface area contributed by atoms with Crippen LogP contribution in [-0.2, 0) is 16.1 Å². The number of carbonyl (C=O) groups is 1. The molecule has 32 heavy (non-hydrogen) atoms. The maximum absolute atomic E-state index is 12.7. The fourth-order valence-electron chi connectivity index (χ4n) is 4.82. The number of piperazine rings is 1. The van der Waals surface area contributed by atoms with Crippen LogP contribution in [-0.4, -0.2) is 67.6 Å². The Morgan fingerprint density at radius 1 is 0.875 bits per heavy atom. The Hall–Kier alpha value is -2.37. The summed E-state index contributed by atoms with van der Waals surface area (Å²) in [6.45, 7) is 9.79. The molecule has 5 heteroatoms. The maximum Gasteiger partial charge on any atom is 0.307 e. The Bertz CT molecular complexity index is 826. The monoisotopic (exact) mass is 435 g/mol. The fourth-order valence-corrected chi connectivity index (χ4v) is 4.82. The Kier molecular flexibility index (Phi) is 8.18. The molecule has 2 heterocycles. The molecule has 0 radical (unpaired) electrons. The van der Waals surface area contributed by atoms with Crippen LogP contribution in [0.1, 0.15) is 36.8 Å². The second-order valence-corrected chi connectivity index (χ2v) is 9.22. The van der Waals surface area contributed by atoms with Gasteiger partial charge in [0.1, 0.15) is 6.61 Å². The van der Waals surface area contributed by atoms with Crippen LogP contribution in [0.2, 0.25) is 0 Å². The van der Waals surface area contributed by atoms with Gasteiger partial charge >= 0.3 is 5.97 Å². The summed E-state index contributed by atoms with van der Waals surface area (Å²) < 4.78 is 5.63. The summed E-state index contributed by atoms with van der Waals surface area (Å²) in [5, 5.41) is 0. The molecule has 2 saturated heterocycles. The normalized spacial score (nSPS) is 19.0. The Morgan fingerprint density at radius 2 is 1.56 bits per heavy atom. The van der Waals surface area contributed by atoms with Crippen LogP contribution in [0.5, 0.6) is 0 Å². The van der Waals surface area contributed by atoms with E-state index in [0.717, 1.165) is 51.4 Å². The van der Waals surface area contributed by atoms with E-state index < -0.39 is 0 Å². The molecule has 2 fully saturated rings. The largest absolute Gasteiger partial charge is 0.461 e. The molecular weight excluding hydrogens is 398 g/mol. The van der Waals surface area contributed by atoms with Crippen molar-refractivity contribution < 1.29 is 9.53 Å². The molecule has 172 valence electrons. The molecule has 4 rings (SSSR count). The Balaban J connectivity index is 1.30. The standard InChI is InChI=1S/C27H37N3O2/c1-23-10-12-25(13-11-23)30-18-16-28(17-19-30)21-26(29-14-6-3-7-15-29)20-27(31)32-22-24-8-4-2-5-9-24/h2,4-5,8-13,26H,3,6-7,14-22H2,1H3. The van der Waals surface area contributed by atoms with Crippen molar-refractivity contribution in [2.24, 2.45) is 0 Å². The van der Waals surface area contributed by atoms with Crippen LogP contribution in [0.3, 0.4) is 0 Å². The van der Waals surface area contributed by atoms with E-state index in [1.807, 2.05) is 30.3 Å². The molecule has 5 nitrogen and oxygen atoms in total. The van der Waals surface area contributed by atoms with Crippen molar-refractivity contribution in [1.82, 2.24) is 9.80 Å². The number of aryl methyl sites for hydroxylation is 1. The summed E-state index contributed by atoms with van der Waals surface area (Å²) in [6, 6.07) is 19.0. The van der Waals surface area contributed by atoms with Gasteiger partial charge in [0.2, 0.25) is 0 Å². The van der Waals surface area contributed by atoms with Crippen molar-refractivity contribution >= 4 is 11.7 Å². The first-order valence-electron chi connectivity index (χ1n) is 12.1. The van der Waals surface area contributed by atoms with Crippen molar-refractivity contribution in [3.05, 3.63) is 65.7 Å². The maximum atomic E-state index is 12.7. The lowest BCUT2D eigenvalue weighted by Gasteiger charge is -2.41. The Morgan fingerprint density at radius 3 is 2.25 bits per heavy atom. The van der Waals surface area contributed by atoms with Gasteiger partial charge in [0.25, 0.3) is 0 Å². The number of likely N-dealkylation sites (tertiary alicyclic amines) is 1. The third-order valence-corrected chi connectivity index (χ3v) is 6.79. The van der Waals surface area contributed by atoms with E-state index in [1.165, 1.54) is 30.5 Å². The molecule has 0 amide bonds. The van der Waals surface area contributed by atoms with Gasteiger partial charge in [-0.15, -0.1) is 0 Å². The van der Waals surface area contributed by atoms with E-state index in [9.17, 15) is 4.79 Å². The lowest BCUT2D eigenvalue weighted by Crippen LogP contribution is -2.53. The Labute approximate surface area is 193 Å². The van der Waals surface area contributed by atoms with Gasteiger partial charge in [0.15, 0.2) is 0 Å². The van der Waals surface area contributed by atoms with Gasteiger partial charge in [-0.3, -0.25) is 14.6 Å². The highest BCUT2D eigenvalue weighted by Gasteiger charge is 2.27. The first-order chi connectivity index (χ1) is 15.7. The zero-order valence-electron chi connectivity index (χ0n) is 19.4. The number of rotatable bonds is 8. The average molecular weight is 436 g/mol. The number of carbonyl (C=O) groups excluding carboxylic acids is 1. The average Bonchev–Trinajstić information content (AvgIpc) is 2.84. The predicted molar refractivity (Wildman–Crippen MR) is 130 cm³/mol. The van der Waals surface area contributed by atoms with Crippen molar-refractivity contribution in [1.29, 1.82) is 0 Å². The molecule has 0 spiro atoms. The zero-order valence-corrected chi connectivity index (χ0v) is 19.4. The van der Waals surface area contributed by atoms with Crippen LogP contribution in [0, 0.1) is 6.92 Å². The van der Waals surface area contributed by atoms with Crippen LogP contribution in [0.25, 0.3) is 0 Å². The molecule has 0 aromatic heterocycles. The lowest BCUT2D eigenvalue weighted by molar-refractivity contribution is -0.146. The number of nitrogens with zero attached hydrogens (tertiary/aromatic N) is 3. The highest BCUT2D eigenvalue weighted by Crippen LogP contribution is 2.20. The summed E-state index contributed by atoms with van der Waals surface area (Å²) in [5.41, 5.74) is 3.66. The van der Waals surface area contributed by atoms with Crippen LogP contribution in [0.4, 0.5) is 5.69 Å². The molecule has 0 N–H and O–H groups in total. The first-order valence-corrected chi connectivity index (χ1v) is 12.1. The molecule has 2 aliphatic heterocycles. The number of hydrogen-bond acceptors (Lipinski definition) is 5. The van der Waals surface area contributed by atoms with Gasteiger partial charge in [-0.2, -0.15) is 0 Å². The zero-order chi connectivity index (χ0) is 22.2. The molecule has 0 aliphatic carbocycles. The van der Waals surface area contributed by atoms with E-state index in [4.69, 9.17) is 4.74 Å². The number of hydrogen-bond donors (Lipinski definition) is 0. The van der Waals surface area contributed by atoms with Gasteiger partial charge in [-0.1, -0.05) is 54.4 Å². The second kappa shape index (κ2) is 11.5. The third kappa shape index (κ3) is 6.57. The first kappa shape index (κ1) is 22.8.